The maximum Gasteiger partial charge on any atom is 0.335 e. The number of carboxylic acids is 1. The van der Waals surface area contributed by atoms with Crippen LogP contribution in [0.1, 0.15) is 32.8 Å². The Morgan fingerprint density at radius 3 is 2.44 bits per heavy atom. The second kappa shape index (κ2) is 6.39. The Kier molecular flexibility index (Phi) is 4.26. The average molecular weight is 342 g/mol. The lowest BCUT2D eigenvalue weighted by Gasteiger charge is -2.17. The van der Waals surface area contributed by atoms with Crippen LogP contribution in [0.25, 0.3) is 0 Å². The Hall–Kier alpha value is -3.16. The molecule has 2 N–H and O–H groups in total. The molecule has 1 fully saturated rings. The highest BCUT2D eigenvalue weighted by Crippen LogP contribution is 2.22. The number of amides is 2. The van der Waals surface area contributed by atoms with Crippen LogP contribution in [-0.2, 0) is 11.8 Å². The minimum atomic E-state index is -1.06. The summed E-state index contributed by atoms with van der Waals surface area (Å²) in [6, 6.07) is 6.80. The fourth-order valence-electron chi connectivity index (χ4n) is 2.90. The number of nitrogens with one attached hydrogen (secondary N) is 1. The minimum absolute atomic E-state index is 0.103. The maximum absolute atomic E-state index is 12.6. The van der Waals surface area contributed by atoms with Crippen LogP contribution in [0.5, 0.6) is 0 Å². The van der Waals surface area contributed by atoms with E-state index in [1.165, 1.54) is 24.3 Å². The molecule has 0 bridgehead atoms. The number of hydrogen-bond acceptors (Lipinski definition) is 4. The monoisotopic (exact) mass is 342 g/mol. The van der Waals surface area contributed by atoms with Gasteiger partial charge < -0.3 is 10.4 Å². The molecule has 0 saturated carbocycles. The Morgan fingerprint density at radius 1 is 1.24 bits per heavy atom. The van der Waals surface area contributed by atoms with E-state index in [2.05, 4.69) is 10.4 Å². The standard InChI is InChI=1S/C17H18N4O4/c1-10-9-14(20(2)19-10)21-8-7-13(16(21)23)18-15(22)11-3-5-12(6-4-11)17(24)25/h3-6,9,13H,7-8H2,1-2H3,(H,18,22)(H,24,25). The lowest BCUT2D eigenvalue weighted by molar-refractivity contribution is -0.118. The van der Waals surface area contributed by atoms with Crippen LogP contribution in [-0.4, -0.2) is 45.3 Å². The predicted molar refractivity (Wildman–Crippen MR) is 89.6 cm³/mol. The zero-order chi connectivity index (χ0) is 18.1. The van der Waals surface area contributed by atoms with Crippen molar-refractivity contribution in [3.05, 3.63) is 47.2 Å². The van der Waals surface area contributed by atoms with E-state index in [4.69, 9.17) is 5.11 Å². The van der Waals surface area contributed by atoms with Gasteiger partial charge in [0.2, 0.25) is 0 Å². The van der Waals surface area contributed by atoms with Crippen molar-refractivity contribution in [3.8, 4) is 0 Å². The number of hydrogen-bond donors (Lipinski definition) is 2. The van der Waals surface area contributed by atoms with Gasteiger partial charge in [0.15, 0.2) is 0 Å². The van der Waals surface area contributed by atoms with Gasteiger partial charge in [0.25, 0.3) is 11.8 Å². The average Bonchev–Trinajstić information content (AvgIpc) is 3.09. The number of carboxylic acid groups (broad SMARTS) is 1. The van der Waals surface area contributed by atoms with Crippen molar-refractivity contribution in [2.75, 3.05) is 11.4 Å². The van der Waals surface area contributed by atoms with E-state index in [0.29, 0.717) is 24.3 Å². The van der Waals surface area contributed by atoms with E-state index in [0.717, 1.165) is 5.69 Å². The number of nitrogens with zero attached hydrogens (tertiary/aromatic N) is 3. The number of carbonyl (C=O) groups excluding carboxylic acids is 2. The van der Waals surface area contributed by atoms with Gasteiger partial charge >= 0.3 is 5.97 Å². The Morgan fingerprint density at radius 2 is 1.88 bits per heavy atom. The van der Waals surface area contributed by atoms with Gasteiger partial charge in [-0.3, -0.25) is 19.2 Å². The summed E-state index contributed by atoms with van der Waals surface area (Å²) in [7, 11) is 1.77. The van der Waals surface area contributed by atoms with Crippen LogP contribution in [0, 0.1) is 6.92 Å². The number of anilines is 1. The van der Waals surface area contributed by atoms with E-state index in [1.807, 2.05) is 13.0 Å². The zero-order valence-corrected chi connectivity index (χ0v) is 13.9. The molecule has 1 aliphatic heterocycles. The summed E-state index contributed by atoms with van der Waals surface area (Å²) >= 11 is 0. The van der Waals surface area contributed by atoms with E-state index < -0.39 is 17.9 Å². The topological polar surface area (TPSA) is 105 Å². The van der Waals surface area contributed by atoms with Crippen molar-refractivity contribution in [2.24, 2.45) is 7.05 Å². The Balaban J connectivity index is 1.69. The zero-order valence-electron chi connectivity index (χ0n) is 13.9. The van der Waals surface area contributed by atoms with E-state index in [9.17, 15) is 14.4 Å². The Labute approximate surface area is 144 Å². The lowest BCUT2D eigenvalue weighted by atomic mass is 10.1. The summed E-state index contributed by atoms with van der Waals surface area (Å²) in [5.41, 5.74) is 1.23. The largest absolute Gasteiger partial charge is 0.478 e. The second-order valence-electron chi connectivity index (χ2n) is 5.95. The molecular formula is C17H18N4O4. The van der Waals surface area contributed by atoms with Crippen molar-refractivity contribution in [3.63, 3.8) is 0 Å². The third-order valence-corrected chi connectivity index (χ3v) is 4.16. The van der Waals surface area contributed by atoms with Gasteiger partial charge in [0.05, 0.1) is 11.3 Å². The molecule has 1 aromatic carbocycles. The third kappa shape index (κ3) is 3.23. The fourth-order valence-corrected chi connectivity index (χ4v) is 2.90. The molecule has 0 aliphatic carbocycles. The molecule has 1 saturated heterocycles. The van der Waals surface area contributed by atoms with Crippen molar-refractivity contribution >= 4 is 23.6 Å². The molecular weight excluding hydrogens is 324 g/mol. The first-order valence-electron chi connectivity index (χ1n) is 7.83. The number of benzene rings is 1. The van der Waals surface area contributed by atoms with Crippen LogP contribution in [0.3, 0.4) is 0 Å². The molecule has 1 aliphatic rings. The molecule has 8 nitrogen and oxygen atoms in total. The molecule has 0 radical (unpaired) electrons. The summed E-state index contributed by atoms with van der Waals surface area (Å²) in [4.78, 5) is 37.3. The highest BCUT2D eigenvalue weighted by atomic mass is 16.4. The van der Waals surface area contributed by atoms with Crippen molar-refractivity contribution in [1.29, 1.82) is 0 Å². The highest BCUT2D eigenvalue weighted by molar-refractivity contribution is 6.03. The van der Waals surface area contributed by atoms with Gasteiger partial charge in [0, 0.05) is 25.2 Å². The first-order chi connectivity index (χ1) is 11.9. The van der Waals surface area contributed by atoms with Crippen LogP contribution < -0.4 is 10.2 Å². The molecule has 130 valence electrons. The molecule has 1 aromatic heterocycles. The second-order valence-corrected chi connectivity index (χ2v) is 5.95. The summed E-state index contributed by atoms with van der Waals surface area (Å²) in [6.45, 7) is 2.35. The molecule has 3 rings (SSSR count). The number of aromatic nitrogens is 2. The molecule has 1 unspecified atom stereocenters. The van der Waals surface area contributed by atoms with Crippen molar-refractivity contribution < 1.29 is 19.5 Å². The number of rotatable bonds is 4. The van der Waals surface area contributed by atoms with Gasteiger partial charge in [-0.2, -0.15) is 5.10 Å². The third-order valence-electron chi connectivity index (χ3n) is 4.16. The van der Waals surface area contributed by atoms with Gasteiger partial charge in [-0.25, -0.2) is 4.79 Å². The minimum Gasteiger partial charge on any atom is -0.478 e. The van der Waals surface area contributed by atoms with E-state index in [-0.39, 0.29) is 11.5 Å². The molecule has 8 heteroatoms. The van der Waals surface area contributed by atoms with E-state index in [1.54, 1.807) is 16.6 Å². The molecule has 1 atom stereocenters. The SMILES string of the molecule is Cc1cc(N2CCC(NC(=O)c3ccc(C(=O)O)cc3)C2=O)n(C)n1. The van der Waals surface area contributed by atoms with Crippen LogP contribution in [0.15, 0.2) is 30.3 Å². The number of aromatic carboxylic acids is 1. The van der Waals surface area contributed by atoms with Crippen LogP contribution >= 0.6 is 0 Å². The predicted octanol–water partition coefficient (Wildman–Crippen LogP) is 0.962. The van der Waals surface area contributed by atoms with Crippen LogP contribution in [0.4, 0.5) is 5.82 Å². The highest BCUT2D eigenvalue weighted by Gasteiger charge is 2.35. The summed E-state index contributed by atoms with van der Waals surface area (Å²) in [5, 5.41) is 15.8. The van der Waals surface area contributed by atoms with Crippen molar-refractivity contribution in [1.82, 2.24) is 15.1 Å². The number of aryl methyl sites for hydroxylation is 2. The first-order valence-corrected chi connectivity index (χ1v) is 7.83. The van der Waals surface area contributed by atoms with Crippen molar-refractivity contribution in [2.45, 2.75) is 19.4 Å². The van der Waals surface area contributed by atoms with Gasteiger partial charge in [-0.15, -0.1) is 0 Å². The van der Waals surface area contributed by atoms with Crippen LogP contribution in [0.2, 0.25) is 0 Å². The smallest absolute Gasteiger partial charge is 0.335 e. The molecule has 2 amide bonds. The summed E-state index contributed by atoms with van der Waals surface area (Å²) < 4.78 is 1.64. The first kappa shape index (κ1) is 16.7. The lowest BCUT2D eigenvalue weighted by Crippen LogP contribution is -2.41. The summed E-state index contributed by atoms with van der Waals surface area (Å²) in [6.07, 6.45) is 0.502. The molecule has 2 heterocycles. The fraction of sp³-hybridized carbons (Fsp3) is 0.294. The molecule has 0 spiro atoms. The summed E-state index contributed by atoms with van der Waals surface area (Å²) in [5.74, 6) is -0.943. The maximum atomic E-state index is 12.6. The van der Waals surface area contributed by atoms with Gasteiger partial charge in [-0.05, 0) is 37.6 Å². The van der Waals surface area contributed by atoms with Gasteiger partial charge in [-0.1, -0.05) is 0 Å². The van der Waals surface area contributed by atoms with Gasteiger partial charge in [0.1, 0.15) is 11.9 Å². The molecule has 25 heavy (non-hydrogen) atoms. The number of carbonyl (C=O) groups is 3. The quantitative estimate of drug-likeness (QED) is 0.861. The Bertz CT molecular complexity index is 841. The normalized spacial score (nSPS) is 17.0. The molecule has 2 aromatic rings. The van der Waals surface area contributed by atoms with E-state index >= 15 is 0 Å².